The molecule has 1 unspecified atom stereocenters. The number of ether oxygens (including phenoxy) is 1. The first-order valence-electron chi connectivity index (χ1n) is 9.56. The van der Waals surface area contributed by atoms with Crippen molar-refractivity contribution in [3.8, 4) is 0 Å². The third kappa shape index (κ3) is 3.42. The Labute approximate surface area is 139 Å². The van der Waals surface area contributed by atoms with Gasteiger partial charge in [0.1, 0.15) is 0 Å². The first-order valence-corrected chi connectivity index (χ1v) is 9.56. The Bertz CT molecular complexity index is 422. The number of hydrogen-bond acceptors (Lipinski definition) is 4. The number of hydrogen-bond donors (Lipinski definition) is 1. The molecule has 0 aromatic heterocycles. The molecule has 4 rings (SSSR count). The van der Waals surface area contributed by atoms with E-state index in [0.29, 0.717) is 17.2 Å². The minimum Gasteiger partial charge on any atom is -0.379 e. The Morgan fingerprint density at radius 1 is 1.09 bits per heavy atom. The fraction of sp³-hybridized carbons (Fsp3) is 0.944. The van der Waals surface area contributed by atoms with Crippen molar-refractivity contribution in [2.24, 2.45) is 17.3 Å². The molecule has 0 radical (unpaired) electrons. The molecule has 0 aromatic carbocycles. The zero-order valence-electron chi connectivity index (χ0n) is 14.3. The second-order valence-corrected chi connectivity index (χ2v) is 8.05. The molecule has 3 saturated heterocycles. The molecule has 1 saturated carbocycles. The van der Waals surface area contributed by atoms with E-state index < -0.39 is 0 Å². The summed E-state index contributed by atoms with van der Waals surface area (Å²) in [5.74, 6) is 1.58. The molecule has 5 heteroatoms. The van der Waals surface area contributed by atoms with Gasteiger partial charge in [0, 0.05) is 38.6 Å². The number of nitrogens with one attached hydrogen (secondary N) is 1. The topological polar surface area (TPSA) is 44.8 Å². The summed E-state index contributed by atoms with van der Waals surface area (Å²) in [5.41, 5.74) is 0.382. The Morgan fingerprint density at radius 2 is 1.78 bits per heavy atom. The van der Waals surface area contributed by atoms with E-state index in [1.54, 1.807) is 0 Å². The van der Waals surface area contributed by atoms with Gasteiger partial charge in [-0.3, -0.25) is 9.69 Å². The second-order valence-electron chi connectivity index (χ2n) is 8.05. The van der Waals surface area contributed by atoms with Crippen molar-refractivity contribution >= 4 is 5.91 Å². The molecule has 4 aliphatic rings. The Kier molecular flexibility index (Phi) is 4.61. The second kappa shape index (κ2) is 6.69. The summed E-state index contributed by atoms with van der Waals surface area (Å²) in [6, 6.07) is 0. The van der Waals surface area contributed by atoms with Crippen LogP contribution >= 0.6 is 0 Å². The number of piperidine rings is 2. The van der Waals surface area contributed by atoms with Gasteiger partial charge in [0.25, 0.3) is 0 Å². The first kappa shape index (κ1) is 15.9. The van der Waals surface area contributed by atoms with Crippen molar-refractivity contribution in [1.82, 2.24) is 15.1 Å². The third-order valence-corrected chi connectivity index (χ3v) is 6.63. The van der Waals surface area contributed by atoms with Crippen LogP contribution in [0, 0.1) is 17.3 Å². The summed E-state index contributed by atoms with van der Waals surface area (Å²) < 4.78 is 5.43. The molecule has 130 valence electrons. The lowest BCUT2D eigenvalue weighted by atomic mass is 9.90. The van der Waals surface area contributed by atoms with E-state index in [9.17, 15) is 4.79 Å². The van der Waals surface area contributed by atoms with Gasteiger partial charge in [0.05, 0.1) is 13.2 Å². The minimum atomic E-state index is 0.348. The number of carbonyl (C=O) groups excluding carboxylic acids is 1. The maximum Gasteiger partial charge on any atom is 0.226 e. The Hall–Kier alpha value is -0.650. The van der Waals surface area contributed by atoms with Crippen LogP contribution in [0.25, 0.3) is 0 Å². The molecule has 1 spiro atoms. The molecular formula is C18H31N3O2. The maximum atomic E-state index is 12.8. The average Bonchev–Trinajstić information content (AvgIpc) is 3.29. The Balaban J connectivity index is 1.23. The molecule has 4 fully saturated rings. The van der Waals surface area contributed by atoms with Gasteiger partial charge in [-0.1, -0.05) is 0 Å². The molecule has 1 N–H and O–H groups in total. The van der Waals surface area contributed by atoms with Gasteiger partial charge in [-0.2, -0.15) is 0 Å². The highest BCUT2D eigenvalue weighted by Gasteiger charge is 2.58. The number of rotatable bonds is 3. The third-order valence-electron chi connectivity index (χ3n) is 6.63. The van der Waals surface area contributed by atoms with Crippen molar-refractivity contribution in [2.75, 3.05) is 59.0 Å². The van der Waals surface area contributed by atoms with E-state index in [4.69, 9.17) is 4.74 Å². The molecule has 1 aliphatic carbocycles. The van der Waals surface area contributed by atoms with Crippen LogP contribution in [0.2, 0.25) is 0 Å². The highest BCUT2D eigenvalue weighted by molar-refractivity contribution is 5.82. The molecular weight excluding hydrogens is 290 g/mol. The van der Waals surface area contributed by atoms with Crippen molar-refractivity contribution in [3.05, 3.63) is 0 Å². The normalized spacial score (nSPS) is 32.2. The SMILES string of the molecule is O=C(C1CC12CCNCC2)N1CCC(CN2CCOCC2)CC1. The fourth-order valence-electron chi connectivity index (χ4n) is 4.88. The highest BCUT2D eigenvalue weighted by Crippen LogP contribution is 2.59. The number of amides is 1. The zero-order chi connectivity index (χ0) is 15.7. The van der Waals surface area contributed by atoms with E-state index in [1.807, 2.05) is 0 Å². The van der Waals surface area contributed by atoms with E-state index in [1.165, 1.54) is 32.2 Å². The van der Waals surface area contributed by atoms with E-state index in [2.05, 4.69) is 15.1 Å². The van der Waals surface area contributed by atoms with Crippen LogP contribution in [0.15, 0.2) is 0 Å². The van der Waals surface area contributed by atoms with Crippen molar-refractivity contribution < 1.29 is 9.53 Å². The van der Waals surface area contributed by atoms with E-state index in [0.717, 1.165) is 64.8 Å². The molecule has 3 aliphatic heterocycles. The smallest absolute Gasteiger partial charge is 0.226 e. The predicted molar refractivity (Wildman–Crippen MR) is 89.2 cm³/mol. The first-order chi connectivity index (χ1) is 11.3. The maximum absolute atomic E-state index is 12.8. The summed E-state index contributed by atoms with van der Waals surface area (Å²) in [6.45, 7) is 9.31. The van der Waals surface area contributed by atoms with Crippen LogP contribution in [0.4, 0.5) is 0 Å². The lowest BCUT2D eigenvalue weighted by Crippen LogP contribution is -2.45. The standard InChI is InChI=1S/C18H31N3O2/c22-17(16-13-18(16)3-5-19-6-4-18)21-7-1-15(2-8-21)14-20-9-11-23-12-10-20/h15-16,19H,1-14H2. The summed E-state index contributed by atoms with van der Waals surface area (Å²) in [4.78, 5) is 17.5. The minimum absolute atomic E-state index is 0.348. The van der Waals surface area contributed by atoms with Gasteiger partial charge >= 0.3 is 0 Å². The van der Waals surface area contributed by atoms with Crippen LogP contribution in [-0.4, -0.2) is 74.7 Å². The molecule has 0 bridgehead atoms. The van der Waals surface area contributed by atoms with Crippen LogP contribution < -0.4 is 5.32 Å². The molecule has 23 heavy (non-hydrogen) atoms. The van der Waals surface area contributed by atoms with Crippen LogP contribution in [0.5, 0.6) is 0 Å². The monoisotopic (exact) mass is 321 g/mol. The summed E-state index contributed by atoms with van der Waals surface area (Å²) >= 11 is 0. The van der Waals surface area contributed by atoms with Gasteiger partial charge < -0.3 is 15.0 Å². The molecule has 1 atom stereocenters. The van der Waals surface area contributed by atoms with Crippen molar-refractivity contribution in [1.29, 1.82) is 0 Å². The molecule has 3 heterocycles. The van der Waals surface area contributed by atoms with E-state index >= 15 is 0 Å². The predicted octanol–water partition coefficient (Wildman–Crippen LogP) is 0.947. The summed E-state index contributed by atoms with van der Waals surface area (Å²) in [7, 11) is 0. The Morgan fingerprint density at radius 3 is 2.48 bits per heavy atom. The number of likely N-dealkylation sites (tertiary alicyclic amines) is 1. The van der Waals surface area contributed by atoms with Gasteiger partial charge in [-0.15, -0.1) is 0 Å². The number of nitrogens with zero attached hydrogens (tertiary/aromatic N) is 2. The molecule has 5 nitrogen and oxygen atoms in total. The van der Waals surface area contributed by atoms with Crippen LogP contribution in [-0.2, 0) is 9.53 Å². The fourth-order valence-corrected chi connectivity index (χ4v) is 4.88. The van der Waals surface area contributed by atoms with Crippen molar-refractivity contribution in [3.63, 3.8) is 0 Å². The summed E-state index contributed by atoms with van der Waals surface area (Å²) in [6.07, 6.45) is 5.93. The van der Waals surface area contributed by atoms with Gasteiger partial charge in [-0.05, 0) is 56.5 Å². The molecule has 1 amide bonds. The largest absolute Gasteiger partial charge is 0.379 e. The number of carbonyl (C=O) groups is 1. The van der Waals surface area contributed by atoms with Crippen LogP contribution in [0.1, 0.15) is 32.1 Å². The highest BCUT2D eigenvalue weighted by atomic mass is 16.5. The van der Waals surface area contributed by atoms with Crippen molar-refractivity contribution in [2.45, 2.75) is 32.1 Å². The average molecular weight is 321 g/mol. The lowest BCUT2D eigenvalue weighted by Gasteiger charge is -2.36. The summed E-state index contributed by atoms with van der Waals surface area (Å²) in [5, 5.41) is 3.43. The quantitative estimate of drug-likeness (QED) is 0.840. The van der Waals surface area contributed by atoms with Gasteiger partial charge in [0.2, 0.25) is 5.91 Å². The van der Waals surface area contributed by atoms with Gasteiger partial charge in [-0.25, -0.2) is 0 Å². The van der Waals surface area contributed by atoms with E-state index in [-0.39, 0.29) is 0 Å². The van der Waals surface area contributed by atoms with Gasteiger partial charge in [0.15, 0.2) is 0 Å². The van der Waals surface area contributed by atoms with Crippen LogP contribution in [0.3, 0.4) is 0 Å². The number of morpholine rings is 1. The molecule has 0 aromatic rings. The zero-order valence-corrected chi connectivity index (χ0v) is 14.3. The lowest BCUT2D eigenvalue weighted by molar-refractivity contribution is -0.135.